The summed E-state index contributed by atoms with van der Waals surface area (Å²) in [6.07, 6.45) is 0. The minimum absolute atomic E-state index is 0.626. The standard InChI is InChI=1S/C45H28N4O/c1-3-14-29(15-4-1)43-46-44(30-16-5-2-6-17-30)48-45(47-43)32-19-13-18-31(26-32)33-20-7-10-23-38(33)49-39-24-11-8-21-34(39)36-27-37-35-22-9-12-25-41(35)50-42(37)28-40(36)49/h1-28H. The molecule has 7 aromatic carbocycles. The molecule has 10 aromatic rings. The first-order chi connectivity index (χ1) is 24.8. The summed E-state index contributed by atoms with van der Waals surface area (Å²) in [5.41, 5.74) is 10.1. The minimum Gasteiger partial charge on any atom is -0.456 e. The van der Waals surface area contributed by atoms with Crippen LogP contribution in [0.3, 0.4) is 0 Å². The molecule has 0 radical (unpaired) electrons. The molecule has 0 aliphatic rings. The van der Waals surface area contributed by atoms with E-state index in [0.29, 0.717) is 17.5 Å². The number of nitrogens with zero attached hydrogens (tertiary/aromatic N) is 4. The van der Waals surface area contributed by atoms with Gasteiger partial charge in [-0.25, -0.2) is 15.0 Å². The molecule has 0 N–H and O–H groups in total. The van der Waals surface area contributed by atoms with Gasteiger partial charge in [0.2, 0.25) is 0 Å². The Morgan fingerprint density at radius 1 is 0.360 bits per heavy atom. The molecule has 3 heterocycles. The number of para-hydroxylation sites is 3. The monoisotopic (exact) mass is 640 g/mol. The van der Waals surface area contributed by atoms with E-state index in [2.05, 4.69) is 102 Å². The van der Waals surface area contributed by atoms with Crippen LogP contribution in [0, 0.1) is 0 Å². The third kappa shape index (κ3) is 4.60. The Balaban J connectivity index is 1.17. The molecular weight excluding hydrogens is 613 g/mol. The molecule has 10 rings (SSSR count). The normalized spacial score (nSPS) is 11.6. The Hall–Kier alpha value is -6.85. The van der Waals surface area contributed by atoms with Crippen molar-refractivity contribution < 1.29 is 4.42 Å². The van der Waals surface area contributed by atoms with Gasteiger partial charge in [0.05, 0.1) is 16.7 Å². The van der Waals surface area contributed by atoms with Crippen LogP contribution in [0.5, 0.6) is 0 Å². The lowest BCUT2D eigenvalue weighted by Crippen LogP contribution is -2.00. The van der Waals surface area contributed by atoms with Gasteiger partial charge in [-0.1, -0.05) is 133 Å². The van der Waals surface area contributed by atoms with Gasteiger partial charge in [-0.15, -0.1) is 0 Å². The molecule has 0 saturated carbocycles. The Morgan fingerprint density at radius 2 is 0.940 bits per heavy atom. The Morgan fingerprint density at radius 3 is 1.70 bits per heavy atom. The van der Waals surface area contributed by atoms with E-state index in [1.165, 1.54) is 10.8 Å². The lowest BCUT2D eigenvalue weighted by atomic mass is 10.0. The summed E-state index contributed by atoms with van der Waals surface area (Å²) in [6, 6.07) is 58.6. The van der Waals surface area contributed by atoms with Crippen molar-refractivity contribution >= 4 is 43.7 Å². The second kappa shape index (κ2) is 11.4. The average molecular weight is 641 g/mol. The van der Waals surface area contributed by atoms with Gasteiger partial charge in [-0.2, -0.15) is 0 Å². The first-order valence-corrected chi connectivity index (χ1v) is 16.7. The van der Waals surface area contributed by atoms with Gasteiger partial charge in [0.25, 0.3) is 0 Å². The molecule has 5 nitrogen and oxygen atoms in total. The Labute approximate surface area is 287 Å². The molecule has 0 saturated heterocycles. The van der Waals surface area contributed by atoms with Crippen LogP contribution < -0.4 is 0 Å². The highest BCUT2D eigenvalue weighted by Gasteiger charge is 2.19. The van der Waals surface area contributed by atoms with E-state index < -0.39 is 0 Å². The van der Waals surface area contributed by atoms with Crippen molar-refractivity contribution in [2.45, 2.75) is 0 Å². The van der Waals surface area contributed by atoms with E-state index in [0.717, 1.165) is 66.5 Å². The summed E-state index contributed by atoms with van der Waals surface area (Å²) < 4.78 is 8.74. The number of fused-ring (bicyclic) bond motifs is 6. The molecule has 0 spiro atoms. The Bertz CT molecular complexity index is 2810. The molecular formula is C45H28N4O. The fraction of sp³-hybridized carbons (Fsp3) is 0. The van der Waals surface area contributed by atoms with Crippen LogP contribution in [0.15, 0.2) is 174 Å². The van der Waals surface area contributed by atoms with E-state index in [1.54, 1.807) is 0 Å². The van der Waals surface area contributed by atoms with E-state index in [1.807, 2.05) is 72.8 Å². The summed E-state index contributed by atoms with van der Waals surface area (Å²) in [5.74, 6) is 1.91. The number of benzene rings is 7. The van der Waals surface area contributed by atoms with Crippen molar-refractivity contribution in [1.29, 1.82) is 0 Å². The molecule has 0 bridgehead atoms. The molecule has 0 atom stereocenters. The lowest BCUT2D eigenvalue weighted by molar-refractivity contribution is 0.669. The molecule has 0 fully saturated rings. The molecule has 0 aliphatic heterocycles. The third-order valence-electron chi connectivity index (χ3n) is 9.45. The zero-order chi connectivity index (χ0) is 33.0. The number of aromatic nitrogens is 4. The van der Waals surface area contributed by atoms with Crippen LogP contribution in [-0.2, 0) is 0 Å². The Kier molecular flexibility index (Phi) is 6.42. The van der Waals surface area contributed by atoms with Gasteiger partial charge < -0.3 is 8.98 Å². The highest BCUT2D eigenvalue weighted by Crippen LogP contribution is 2.40. The minimum atomic E-state index is 0.626. The van der Waals surface area contributed by atoms with Crippen molar-refractivity contribution in [3.05, 3.63) is 170 Å². The van der Waals surface area contributed by atoms with Crippen LogP contribution in [0.2, 0.25) is 0 Å². The van der Waals surface area contributed by atoms with Crippen LogP contribution in [-0.4, -0.2) is 19.5 Å². The summed E-state index contributed by atoms with van der Waals surface area (Å²) >= 11 is 0. The lowest BCUT2D eigenvalue weighted by Gasteiger charge is -2.15. The highest BCUT2D eigenvalue weighted by molar-refractivity contribution is 6.17. The van der Waals surface area contributed by atoms with Gasteiger partial charge in [0.15, 0.2) is 17.5 Å². The fourth-order valence-corrected chi connectivity index (χ4v) is 7.12. The first kappa shape index (κ1) is 28.2. The molecule has 0 unspecified atom stereocenters. The molecule has 50 heavy (non-hydrogen) atoms. The maximum atomic E-state index is 6.38. The van der Waals surface area contributed by atoms with Crippen molar-refractivity contribution in [3.8, 4) is 51.0 Å². The van der Waals surface area contributed by atoms with Gasteiger partial charge in [0, 0.05) is 49.9 Å². The number of hydrogen-bond acceptors (Lipinski definition) is 4. The second-order valence-electron chi connectivity index (χ2n) is 12.5. The predicted molar refractivity (Wildman–Crippen MR) is 203 cm³/mol. The van der Waals surface area contributed by atoms with Crippen molar-refractivity contribution in [3.63, 3.8) is 0 Å². The van der Waals surface area contributed by atoms with Crippen molar-refractivity contribution in [1.82, 2.24) is 19.5 Å². The van der Waals surface area contributed by atoms with Gasteiger partial charge >= 0.3 is 0 Å². The van der Waals surface area contributed by atoms with Gasteiger partial charge in [0.1, 0.15) is 11.2 Å². The van der Waals surface area contributed by atoms with Crippen LogP contribution in [0.1, 0.15) is 0 Å². The van der Waals surface area contributed by atoms with Gasteiger partial charge in [-0.3, -0.25) is 0 Å². The fourth-order valence-electron chi connectivity index (χ4n) is 7.12. The van der Waals surface area contributed by atoms with E-state index in [-0.39, 0.29) is 0 Å². The highest BCUT2D eigenvalue weighted by atomic mass is 16.3. The number of furan rings is 1. The average Bonchev–Trinajstić information content (AvgIpc) is 3.72. The van der Waals surface area contributed by atoms with E-state index in [4.69, 9.17) is 19.4 Å². The third-order valence-corrected chi connectivity index (χ3v) is 9.45. The van der Waals surface area contributed by atoms with E-state index in [9.17, 15) is 0 Å². The number of rotatable bonds is 5. The smallest absolute Gasteiger partial charge is 0.164 e. The molecule has 0 aliphatic carbocycles. The van der Waals surface area contributed by atoms with Crippen molar-refractivity contribution in [2.75, 3.05) is 0 Å². The van der Waals surface area contributed by atoms with Gasteiger partial charge in [-0.05, 0) is 35.9 Å². The van der Waals surface area contributed by atoms with E-state index >= 15 is 0 Å². The maximum absolute atomic E-state index is 6.38. The summed E-state index contributed by atoms with van der Waals surface area (Å²) in [4.78, 5) is 14.9. The zero-order valence-corrected chi connectivity index (χ0v) is 26.9. The maximum Gasteiger partial charge on any atom is 0.164 e. The molecule has 5 heteroatoms. The van der Waals surface area contributed by atoms with Crippen molar-refractivity contribution in [2.24, 2.45) is 0 Å². The largest absolute Gasteiger partial charge is 0.456 e. The summed E-state index contributed by atoms with van der Waals surface area (Å²) in [7, 11) is 0. The quantitative estimate of drug-likeness (QED) is 0.188. The molecule has 0 amide bonds. The van der Waals surface area contributed by atoms with Crippen LogP contribution in [0.25, 0.3) is 94.7 Å². The summed E-state index contributed by atoms with van der Waals surface area (Å²) in [5, 5.41) is 4.64. The summed E-state index contributed by atoms with van der Waals surface area (Å²) in [6.45, 7) is 0. The molecule has 3 aromatic heterocycles. The number of hydrogen-bond donors (Lipinski definition) is 0. The van der Waals surface area contributed by atoms with Crippen LogP contribution >= 0.6 is 0 Å². The SMILES string of the molecule is c1ccc(-c2nc(-c3ccccc3)nc(-c3cccc(-c4ccccc4-n4c5ccccc5c5cc6c(cc54)oc4ccccc46)c3)n2)cc1. The molecule has 234 valence electrons. The van der Waals surface area contributed by atoms with Crippen LogP contribution in [0.4, 0.5) is 0 Å². The predicted octanol–water partition coefficient (Wildman–Crippen LogP) is 11.5. The second-order valence-corrected chi connectivity index (χ2v) is 12.5. The zero-order valence-electron chi connectivity index (χ0n) is 26.9. The topological polar surface area (TPSA) is 56.7 Å². The first-order valence-electron chi connectivity index (χ1n) is 16.7.